The minimum absolute atomic E-state index is 0.0515. The Labute approximate surface area is 137 Å². The van der Waals surface area contributed by atoms with Gasteiger partial charge in [-0.15, -0.1) is 0 Å². The third kappa shape index (κ3) is 3.60. The second-order valence-corrected chi connectivity index (χ2v) is 7.32. The molecule has 0 aliphatic carbocycles. The molecule has 0 atom stereocenters. The van der Waals surface area contributed by atoms with Gasteiger partial charge in [-0.05, 0) is 56.1 Å². The lowest BCUT2D eigenvalue weighted by atomic mass is 10.3. The van der Waals surface area contributed by atoms with Crippen molar-refractivity contribution >= 4 is 53.3 Å². The maximum absolute atomic E-state index is 12.3. The van der Waals surface area contributed by atoms with E-state index >= 15 is 0 Å². The Hall–Kier alpha value is -1.45. The van der Waals surface area contributed by atoms with Gasteiger partial charge in [0, 0.05) is 10.5 Å². The number of benzene rings is 2. The van der Waals surface area contributed by atoms with Crippen LogP contribution in [0.4, 0.5) is 11.4 Å². The summed E-state index contributed by atoms with van der Waals surface area (Å²) in [6.07, 6.45) is 0. The fourth-order valence-electron chi connectivity index (χ4n) is 1.59. The van der Waals surface area contributed by atoms with E-state index in [2.05, 4.69) is 36.6 Å². The summed E-state index contributed by atoms with van der Waals surface area (Å²) in [5, 5.41) is 10.9. The van der Waals surface area contributed by atoms with Crippen molar-refractivity contribution in [1.82, 2.24) is 0 Å². The predicted octanol–water partition coefficient (Wildman–Crippen LogP) is 3.92. The molecular formula is C12H8Br2N2O4S. The molecule has 0 amide bonds. The first kappa shape index (κ1) is 15.9. The van der Waals surface area contributed by atoms with Crippen LogP contribution in [0.5, 0.6) is 0 Å². The van der Waals surface area contributed by atoms with Crippen molar-refractivity contribution in [2.45, 2.75) is 4.90 Å². The second kappa shape index (κ2) is 6.12. The summed E-state index contributed by atoms with van der Waals surface area (Å²) in [4.78, 5) is 10.3. The van der Waals surface area contributed by atoms with Gasteiger partial charge in [0.05, 0.1) is 15.1 Å². The average Bonchev–Trinajstić information content (AvgIpc) is 2.40. The van der Waals surface area contributed by atoms with Crippen molar-refractivity contribution in [3.8, 4) is 0 Å². The van der Waals surface area contributed by atoms with Gasteiger partial charge >= 0.3 is 0 Å². The number of halogens is 2. The molecule has 0 aliphatic rings. The molecule has 21 heavy (non-hydrogen) atoms. The quantitative estimate of drug-likeness (QED) is 0.582. The van der Waals surface area contributed by atoms with Gasteiger partial charge < -0.3 is 0 Å². The van der Waals surface area contributed by atoms with E-state index < -0.39 is 14.9 Å². The van der Waals surface area contributed by atoms with E-state index in [-0.39, 0.29) is 20.7 Å². The lowest BCUT2D eigenvalue weighted by molar-refractivity contribution is -0.385. The number of hydrogen-bond acceptors (Lipinski definition) is 4. The van der Waals surface area contributed by atoms with Crippen LogP contribution in [-0.4, -0.2) is 13.3 Å². The molecule has 0 unspecified atom stereocenters. The molecule has 6 nitrogen and oxygen atoms in total. The summed E-state index contributed by atoms with van der Waals surface area (Å²) in [6, 6.07) is 10.3. The lowest BCUT2D eigenvalue weighted by Gasteiger charge is -2.09. The smallest absolute Gasteiger partial charge is 0.279 e. The molecule has 0 heterocycles. The van der Waals surface area contributed by atoms with E-state index in [4.69, 9.17) is 0 Å². The topological polar surface area (TPSA) is 89.3 Å². The molecule has 0 aliphatic heterocycles. The summed E-state index contributed by atoms with van der Waals surface area (Å²) in [7, 11) is -3.83. The highest BCUT2D eigenvalue weighted by Gasteiger charge is 2.19. The van der Waals surface area contributed by atoms with Gasteiger partial charge in [0.25, 0.3) is 15.7 Å². The molecule has 2 rings (SSSR count). The van der Waals surface area contributed by atoms with E-state index in [9.17, 15) is 18.5 Å². The first-order valence-corrected chi connectivity index (χ1v) is 8.59. The maximum Gasteiger partial charge on any atom is 0.285 e. The number of nitrogens with zero attached hydrogens (tertiary/aromatic N) is 1. The molecule has 0 saturated heterocycles. The van der Waals surface area contributed by atoms with Crippen molar-refractivity contribution in [1.29, 1.82) is 0 Å². The second-order valence-electron chi connectivity index (χ2n) is 3.96. The highest BCUT2D eigenvalue weighted by molar-refractivity contribution is 9.10. The SMILES string of the molecule is O=[N+]([O-])c1cc(NS(=O)(=O)c2ccccc2Br)ccc1Br. The van der Waals surface area contributed by atoms with Gasteiger partial charge in [-0.25, -0.2) is 8.42 Å². The molecule has 9 heteroatoms. The minimum Gasteiger partial charge on any atom is -0.279 e. The van der Waals surface area contributed by atoms with Crippen LogP contribution in [0.1, 0.15) is 0 Å². The number of nitro benzene ring substituents is 1. The van der Waals surface area contributed by atoms with Crippen LogP contribution in [0.3, 0.4) is 0 Å². The van der Waals surface area contributed by atoms with E-state index in [1.54, 1.807) is 18.2 Å². The molecule has 2 aromatic rings. The molecule has 2 aromatic carbocycles. The van der Waals surface area contributed by atoms with Gasteiger partial charge in [-0.3, -0.25) is 14.8 Å². The largest absolute Gasteiger partial charge is 0.285 e. The predicted molar refractivity (Wildman–Crippen MR) is 85.7 cm³/mol. The first-order valence-electron chi connectivity index (χ1n) is 5.52. The number of sulfonamides is 1. The summed E-state index contributed by atoms with van der Waals surface area (Å²) in [5.41, 5.74) is -0.108. The van der Waals surface area contributed by atoms with Crippen LogP contribution in [-0.2, 0) is 10.0 Å². The van der Waals surface area contributed by atoms with Gasteiger partial charge in [-0.2, -0.15) is 0 Å². The monoisotopic (exact) mass is 434 g/mol. The molecule has 0 spiro atoms. The Bertz CT molecular complexity index is 809. The number of nitrogens with one attached hydrogen (secondary N) is 1. The number of hydrogen-bond donors (Lipinski definition) is 1. The fraction of sp³-hybridized carbons (Fsp3) is 0. The lowest BCUT2D eigenvalue weighted by Crippen LogP contribution is -2.13. The molecule has 0 fully saturated rings. The van der Waals surface area contributed by atoms with E-state index in [1.807, 2.05) is 0 Å². The standard InChI is InChI=1S/C12H8Br2N2O4S/c13-9-6-5-8(7-11(9)16(17)18)15-21(19,20)12-4-2-1-3-10(12)14/h1-7,15H. The van der Waals surface area contributed by atoms with Gasteiger partial charge in [0.2, 0.25) is 0 Å². The Balaban J connectivity index is 2.40. The Morgan fingerprint density at radius 1 is 1.05 bits per heavy atom. The molecule has 110 valence electrons. The van der Waals surface area contributed by atoms with Crippen LogP contribution in [0.25, 0.3) is 0 Å². The van der Waals surface area contributed by atoms with Gasteiger partial charge in [-0.1, -0.05) is 12.1 Å². The maximum atomic E-state index is 12.3. The van der Waals surface area contributed by atoms with Crippen LogP contribution in [0.15, 0.2) is 56.3 Å². The fourth-order valence-corrected chi connectivity index (χ4v) is 4.03. The van der Waals surface area contributed by atoms with Gasteiger partial charge in [0.1, 0.15) is 4.90 Å². The van der Waals surface area contributed by atoms with Crippen molar-refractivity contribution in [3.63, 3.8) is 0 Å². The third-order valence-corrected chi connectivity index (χ3v) is 5.59. The summed E-state index contributed by atoms with van der Waals surface area (Å²) < 4.78 is 27.5. The molecular weight excluding hydrogens is 428 g/mol. The van der Waals surface area contributed by atoms with Crippen LogP contribution in [0, 0.1) is 10.1 Å². The van der Waals surface area contributed by atoms with Crippen molar-refractivity contribution < 1.29 is 13.3 Å². The van der Waals surface area contributed by atoms with Crippen LogP contribution in [0.2, 0.25) is 0 Å². The van der Waals surface area contributed by atoms with Crippen molar-refractivity contribution in [2.24, 2.45) is 0 Å². The number of nitro groups is 1. The molecule has 0 radical (unpaired) electrons. The van der Waals surface area contributed by atoms with E-state index in [0.29, 0.717) is 4.47 Å². The normalized spacial score (nSPS) is 11.1. The minimum atomic E-state index is -3.83. The Kier molecular flexibility index (Phi) is 4.64. The van der Waals surface area contributed by atoms with Gasteiger partial charge in [0.15, 0.2) is 0 Å². The molecule has 1 N–H and O–H groups in total. The summed E-state index contributed by atoms with van der Waals surface area (Å²) in [5.74, 6) is 0. The average molecular weight is 436 g/mol. The van der Waals surface area contributed by atoms with E-state index in [0.717, 1.165) is 6.07 Å². The van der Waals surface area contributed by atoms with Crippen molar-refractivity contribution in [2.75, 3.05) is 4.72 Å². The molecule has 0 bridgehead atoms. The highest BCUT2D eigenvalue weighted by atomic mass is 79.9. The zero-order chi connectivity index (χ0) is 15.6. The number of rotatable bonds is 4. The zero-order valence-electron chi connectivity index (χ0n) is 10.3. The van der Waals surface area contributed by atoms with Crippen LogP contribution < -0.4 is 4.72 Å². The van der Waals surface area contributed by atoms with Crippen LogP contribution >= 0.6 is 31.9 Å². The molecule has 0 aromatic heterocycles. The first-order chi connectivity index (χ1) is 9.81. The Morgan fingerprint density at radius 2 is 1.71 bits per heavy atom. The summed E-state index contributed by atoms with van der Waals surface area (Å²) >= 11 is 6.20. The Morgan fingerprint density at radius 3 is 2.33 bits per heavy atom. The zero-order valence-corrected chi connectivity index (χ0v) is 14.3. The van der Waals surface area contributed by atoms with Crippen molar-refractivity contribution in [3.05, 3.63) is 61.5 Å². The molecule has 0 saturated carbocycles. The summed E-state index contributed by atoms with van der Waals surface area (Å²) in [6.45, 7) is 0. The van der Waals surface area contributed by atoms with E-state index in [1.165, 1.54) is 18.2 Å². The number of anilines is 1. The third-order valence-electron chi connectivity index (χ3n) is 2.52. The highest BCUT2D eigenvalue weighted by Crippen LogP contribution is 2.30.